The predicted octanol–water partition coefficient (Wildman–Crippen LogP) is 7.95. The van der Waals surface area contributed by atoms with Crippen molar-refractivity contribution in [3.8, 4) is 0 Å². The van der Waals surface area contributed by atoms with Crippen molar-refractivity contribution in [1.82, 2.24) is 0 Å². The molecule has 21 heavy (non-hydrogen) atoms. The molecule has 0 spiro atoms. The molecule has 0 N–H and O–H groups in total. The summed E-state index contributed by atoms with van der Waals surface area (Å²) in [6.45, 7) is 4.60. The van der Waals surface area contributed by atoms with Gasteiger partial charge < -0.3 is 0 Å². The molecule has 128 valence electrons. The molecular formula is C20H43P. The molecule has 0 aliphatic carbocycles. The Hall–Kier alpha value is 0.430. The van der Waals surface area contributed by atoms with Crippen molar-refractivity contribution in [2.75, 3.05) is 12.3 Å². The van der Waals surface area contributed by atoms with Crippen LogP contribution in [0.2, 0.25) is 0 Å². The fourth-order valence-electron chi connectivity index (χ4n) is 2.89. The molecule has 1 heteroatoms. The molecule has 0 aromatic heterocycles. The topological polar surface area (TPSA) is 0 Å². The average molecular weight is 315 g/mol. The van der Waals surface area contributed by atoms with Crippen molar-refractivity contribution in [3.63, 3.8) is 0 Å². The lowest BCUT2D eigenvalue weighted by Gasteiger charge is -2.03. The summed E-state index contributed by atoms with van der Waals surface area (Å²) in [7, 11) is 1.26. The second-order valence-electron chi connectivity index (χ2n) is 6.70. The molecule has 0 saturated carbocycles. The summed E-state index contributed by atoms with van der Waals surface area (Å²) in [4.78, 5) is 0. The summed E-state index contributed by atoms with van der Waals surface area (Å²) >= 11 is 0. The molecule has 0 heterocycles. The van der Waals surface area contributed by atoms with E-state index >= 15 is 0 Å². The Morgan fingerprint density at radius 2 is 0.667 bits per heavy atom. The van der Waals surface area contributed by atoms with Gasteiger partial charge in [-0.1, -0.05) is 104 Å². The van der Waals surface area contributed by atoms with E-state index in [4.69, 9.17) is 0 Å². The van der Waals surface area contributed by atoms with Gasteiger partial charge in [-0.3, -0.25) is 0 Å². The summed E-state index contributed by atoms with van der Waals surface area (Å²) in [5.41, 5.74) is 0. The largest absolute Gasteiger partial charge is 0.122 e. The molecular weight excluding hydrogens is 271 g/mol. The smallest absolute Gasteiger partial charge is 0.0353 e. The van der Waals surface area contributed by atoms with E-state index in [-0.39, 0.29) is 0 Å². The third-order valence-electron chi connectivity index (χ3n) is 4.41. The SMILES string of the molecule is CCCCCCCCCCCCPCCCCCCCC. The van der Waals surface area contributed by atoms with E-state index in [1.165, 1.54) is 124 Å². The van der Waals surface area contributed by atoms with Gasteiger partial charge in [0.05, 0.1) is 0 Å². The highest BCUT2D eigenvalue weighted by atomic mass is 31.1. The van der Waals surface area contributed by atoms with E-state index in [1.54, 1.807) is 0 Å². The predicted molar refractivity (Wildman–Crippen MR) is 103 cm³/mol. The average Bonchev–Trinajstić information content (AvgIpc) is 2.50. The number of rotatable bonds is 18. The van der Waals surface area contributed by atoms with Gasteiger partial charge in [0.25, 0.3) is 0 Å². The van der Waals surface area contributed by atoms with Gasteiger partial charge in [-0.15, -0.1) is 8.58 Å². The molecule has 0 fully saturated rings. The molecule has 1 atom stereocenters. The number of hydrogen-bond acceptors (Lipinski definition) is 0. The van der Waals surface area contributed by atoms with E-state index in [0.717, 1.165) is 0 Å². The highest BCUT2D eigenvalue weighted by Crippen LogP contribution is 2.18. The number of hydrogen-bond donors (Lipinski definition) is 0. The van der Waals surface area contributed by atoms with Crippen LogP contribution < -0.4 is 0 Å². The van der Waals surface area contributed by atoms with Gasteiger partial charge in [0.2, 0.25) is 0 Å². The Morgan fingerprint density at radius 1 is 0.381 bits per heavy atom. The van der Waals surface area contributed by atoms with Crippen molar-refractivity contribution in [1.29, 1.82) is 0 Å². The fourth-order valence-corrected chi connectivity index (χ4v) is 4.14. The highest BCUT2D eigenvalue weighted by Gasteiger charge is 1.94. The first-order valence-electron chi connectivity index (χ1n) is 10.1. The van der Waals surface area contributed by atoms with Gasteiger partial charge in [-0.05, 0) is 25.2 Å². The summed E-state index contributed by atoms with van der Waals surface area (Å²) in [5, 5.41) is 0. The van der Waals surface area contributed by atoms with Gasteiger partial charge >= 0.3 is 0 Å². The Morgan fingerprint density at radius 3 is 1.00 bits per heavy atom. The van der Waals surface area contributed by atoms with Crippen molar-refractivity contribution in [3.05, 3.63) is 0 Å². The molecule has 0 saturated heterocycles. The Bertz CT molecular complexity index is 149. The molecule has 1 unspecified atom stereocenters. The number of unbranched alkanes of at least 4 members (excludes halogenated alkanes) is 14. The van der Waals surface area contributed by atoms with Crippen LogP contribution in [0.3, 0.4) is 0 Å². The maximum absolute atomic E-state index is 2.30. The Labute approximate surface area is 138 Å². The monoisotopic (exact) mass is 314 g/mol. The second-order valence-corrected chi connectivity index (χ2v) is 8.20. The zero-order valence-electron chi connectivity index (χ0n) is 15.2. The summed E-state index contributed by atoms with van der Waals surface area (Å²) in [5.74, 6) is 0. The lowest BCUT2D eigenvalue weighted by molar-refractivity contribution is 0.563. The molecule has 0 radical (unpaired) electrons. The summed E-state index contributed by atoms with van der Waals surface area (Å²) in [6, 6.07) is 0. The molecule has 0 aliphatic rings. The third-order valence-corrected chi connectivity index (χ3v) is 5.83. The minimum Gasteiger partial charge on any atom is -0.122 e. The third kappa shape index (κ3) is 20.4. The highest BCUT2D eigenvalue weighted by molar-refractivity contribution is 7.37. The molecule has 0 rings (SSSR count). The first kappa shape index (κ1) is 21.4. The zero-order valence-corrected chi connectivity index (χ0v) is 16.2. The lowest BCUT2D eigenvalue weighted by atomic mass is 10.1. The van der Waals surface area contributed by atoms with Crippen molar-refractivity contribution in [2.45, 2.75) is 117 Å². The molecule has 0 bridgehead atoms. The van der Waals surface area contributed by atoms with Crippen LogP contribution >= 0.6 is 8.58 Å². The molecule has 0 aromatic carbocycles. The maximum Gasteiger partial charge on any atom is -0.0353 e. The van der Waals surface area contributed by atoms with Crippen LogP contribution in [0, 0.1) is 0 Å². The van der Waals surface area contributed by atoms with E-state index in [1.807, 2.05) is 0 Å². The van der Waals surface area contributed by atoms with Gasteiger partial charge in [0, 0.05) is 0 Å². The van der Waals surface area contributed by atoms with Gasteiger partial charge in [0.15, 0.2) is 0 Å². The molecule has 0 aliphatic heterocycles. The van der Waals surface area contributed by atoms with E-state index in [2.05, 4.69) is 13.8 Å². The minimum absolute atomic E-state index is 1.26. The van der Waals surface area contributed by atoms with Crippen LogP contribution in [0.25, 0.3) is 0 Å². The lowest BCUT2D eigenvalue weighted by Crippen LogP contribution is -1.85. The maximum atomic E-state index is 2.30. The van der Waals surface area contributed by atoms with Crippen molar-refractivity contribution >= 4 is 8.58 Å². The molecule has 0 nitrogen and oxygen atoms in total. The van der Waals surface area contributed by atoms with Crippen LogP contribution in [-0.2, 0) is 0 Å². The Balaban J connectivity index is 2.90. The zero-order chi connectivity index (χ0) is 15.4. The van der Waals surface area contributed by atoms with Crippen LogP contribution in [0.1, 0.15) is 117 Å². The van der Waals surface area contributed by atoms with Crippen LogP contribution in [0.5, 0.6) is 0 Å². The van der Waals surface area contributed by atoms with Gasteiger partial charge in [-0.25, -0.2) is 0 Å². The van der Waals surface area contributed by atoms with E-state index in [9.17, 15) is 0 Å². The van der Waals surface area contributed by atoms with E-state index < -0.39 is 0 Å². The second kappa shape index (κ2) is 20.4. The fraction of sp³-hybridized carbons (Fsp3) is 1.00. The standard InChI is InChI=1S/C20H43P/c1-3-5-7-9-11-12-13-14-16-18-20-21-19-17-15-10-8-6-4-2/h21H,3-20H2,1-2H3. The quantitative estimate of drug-likeness (QED) is 0.178. The van der Waals surface area contributed by atoms with Crippen molar-refractivity contribution < 1.29 is 0 Å². The van der Waals surface area contributed by atoms with Gasteiger partial charge in [-0.2, -0.15) is 0 Å². The van der Waals surface area contributed by atoms with Crippen LogP contribution in [0.15, 0.2) is 0 Å². The molecule has 0 amide bonds. The summed E-state index contributed by atoms with van der Waals surface area (Å²) < 4.78 is 0. The van der Waals surface area contributed by atoms with Crippen molar-refractivity contribution in [2.24, 2.45) is 0 Å². The van der Waals surface area contributed by atoms with E-state index in [0.29, 0.717) is 0 Å². The minimum atomic E-state index is 1.26. The first-order valence-corrected chi connectivity index (χ1v) is 11.5. The molecule has 0 aromatic rings. The normalized spacial score (nSPS) is 11.7. The van der Waals surface area contributed by atoms with Crippen LogP contribution in [0.4, 0.5) is 0 Å². The van der Waals surface area contributed by atoms with Gasteiger partial charge in [0.1, 0.15) is 0 Å². The Kier molecular flexibility index (Phi) is 20.8. The summed E-state index contributed by atoms with van der Waals surface area (Å²) in [6.07, 6.45) is 26.5. The first-order chi connectivity index (χ1) is 10.4. The van der Waals surface area contributed by atoms with Crippen LogP contribution in [-0.4, -0.2) is 12.3 Å².